The molecule has 10 nitrogen and oxygen atoms in total. The summed E-state index contributed by atoms with van der Waals surface area (Å²) >= 11 is 6.07. The van der Waals surface area contributed by atoms with E-state index in [1.165, 1.54) is 6.20 Å². The van der Waals surface area contributed by atoms with E-state index in [0.717, 1.165) is 31.6 Å². The molecular formula is C25H26ClF3N6O4. The molecule has 1 aromatic heterocycles. The zero-order chi connectivity index (χ0) is 28.6. The van der Waals surface area contributed by atoms with Crippen LogP contribution < -0.4 is 16.0 Å². The highest BCUT2D eigenvalue weighted by Crippen LogP contribution is 2.21. The van der Waals surface area contributed by atoms with Gasteiger partial charge in [-0.2, -0.15) is 18.3 Å². The van der Waals surface area contributed by atoms with Gasteiger partial charge in [-0.1, -0.05) is 29.8 Å². The van der Waals surface area contributed by atoms with Gasteiger partial charge in [0.15, 0.2) is 0 Å². The lowest BCUT2D eigenvalue weighted by atomic mass is 10.1. The Labute approximate surface area is 226 Å². The molecule has 14 heteroatoms. The molecule has 4 rings (SSSR count). The molecule has 4 N–H and O–H groups in total. The zero-order valence-corrected chi connectivity index (χ0v) is 21.5. The molecule has 0 aliphatic carbocycles. The summed E-state index contributed by atoms with van der Waals surface area (Å²) < 4.78 is 33.3. The lowest BCUT2D eigenvalue weighted by Gasteiger charge is -2.30. The number of piperidine rings is 1. The van der Waals surface area contributed by atoms with Crippen molar-refractivity contribution in [2.24, 2.45) is 0 Å². The first-order valence-electron chi connectivity index (χ1n) is 11.7. The van der Waals surface area contributed by atoms with Crippen LogP contribution in [0.15, 0.2) is 60.9 Å². The summed E-state index contributed by atoms with van der Waals surface area (Å²) in [5, 5.41) is 20.4. The van der Waals surface area contributed by atoms with Gasteiger partial charge in [-0.15, -0.1) is 0 Å². The number of carbonyl (C=O) groups excluding carboxylic acids is 2. The molecular weight excluding hydrogens is 541 g/mol. The number of amides is 3. The molecule has 1 aliphatic rings. The fourth-order valence-corrected chi connectivity index (χ4v) is 3.90. The number of halogens is 4. The van der Waals surface area contributed by atoms with Gasteiger partial charge in [0.1, 0.15) is 0 Å². The van der Waals surface area contributed by atoms with Crippen molar-refractivity contribution in [2.45, 2.75) is 25.1 Å². The average molecular weight is 567 g/mol. The molecule has 2 aromatic carbocycles. The van der Waals surface area contributed by atoms with Crippen molar-refractivity contribution >= 4 is 40.9 Å². The monoisotopic (exact) mass is 566 g/mol. The van der Waals surface area contributed by atoms with Gasteiger partial charge in [0.2, 0.25) is 0 Å². The number of urea groups is 1. The molecule has 2 heterocycles. The van der Waals surface area contributed by atoms with Crippen LogP contribution in [0.5, 0.6) is 0 Å². The number of likely N-dealkylation sites (N-methyl/N-ethyl adjacent to an activating group) is 1. The Balaban J connectivity index is 0.000000532. The van der Waals surface area contributed by atoms with Crippen molar-refractivity contribution in [1.82, 2.24) is 20.0 Å². The van der Waals surface area contributed by atoms with Crippen LogP contribution in [0.2, 0.25) is 5.02 Å². The average Bonchev–Trinajstić information content (AvgIpc) is 3.34. The van der Waals surface area contributed by atoms with Crippen LogP contribution in [0.1, 0.15) is 23.2 Å². The Morgan fingerprint density at radius 2 is 1.82 bits per heavy atom. The Morgan fingerprint density at radius 1 is 1.10 bits per heavy atom. The fourth-order valence-electron chi connectivity index (χ4n) is 3.72. The second kappa shape index (κ2) is 13.1. The number of carbonyl (C=O) groups is 3. The summed E-state index contributed by atoms with van der Waals surface area (Å²) in [5.41, 5.74) is 2.31. The summed E-state index contributed by atoms with van der Waals surface area (Å²) in [4.78, 5) is 36.1. The highest BCUT2D eigenvalue weighted by molar-refractivity contribution is 6.33. The number of likely N-dealkylation sites (tertiary alicyclic amines) is 1. The summed E-state index contributed by atoms with van der Waals surface area (Å²) in [6.45, 7) is 1.92. The predicted octanol–water partition coefficient (Wildman–Crippen LogP) is 4.63. The maximum atomic E-state index is 12.7. The molecule has 0 spiro atoms. The van der Waals surface area contributed by atoms with Crippen molar-refractivity contribution in [3.8, 4) is 5.69 Å². The zero-order valence-electron chi connectivity index (χ0n) is 20.7. The Hall–Kier alpha value is -4.10. The van der Waals surface area contributed by atoms with Gasteiger partial charge in [0, 0.05) is 18.2 Å². The van der Waals surface area contributed by atoms with Gasteiger partial charge >= 0.3 is 18.2 Å². The van der Waals surface area contributed by atoms with E-state index in [1.807, 2.05) is 12.1 Å². The number of hydrogen-bond donors (Lipinski definition) is 4. The molecule has 208 valence electrons. The smallest absolute Gasteiger partial charge is 0.475 e. The van der Waals surface area contributed by atoms with E-state index < -0.39 is 18.2 Å². The maximum Gasteiger partial charge on any atom is 0.490 e. The second-order valence-electron chi connectivity index (χ2n) is 8.66. The van der Waals surface area contributed by atoms with Gasteiger partial charge in [0.25, 0.3) is 5.91 Å². The predicted molar refractivity (Wildman–Crippen MR) is 139 cm³/mol. The molecule has 1 aliphatic heterocycles. The molecule has 0 radical (unpaired) electrons. The fraction of sp³-hybridized carbons (Fsp3) is 0.280. The molecule has 3 amide bonds. The lowest BCUT2D eigenvalue weighted by molar-refractivity contribution is -0.192. The van der Waals surface area contributed by atoms with Crippen LogP contribution >= 0.6 is 11.6 Å². The third-order valence-corrected chi connectivity index (χ3v) is 5.87. The number of nitrogens with zero attached hydrogens (tertiary/aromatic N) is 3. The third-order valence-electron chi connectivity index (χ3n) is 5.54. The molecule has 0 saturated carbocycles. The van der Waals surface area contributed by atoms with Crippen molar-refractivity contribution in [3.05, 3.63) is 71.5 Å². The number of alkyl halides is 3. The Morgan fingerprint density at radius 3 is 2.49 bits per heavy atom. The Kier molecular flexibility index (Phi) is 9.90. The standard InChI is InChI=1S/C23H25ClN6O2.C2HF3O2/c1-29-11-5-7-17(14-29)26-22(31)16-6-4-8-19(12-16)30-15-18(13-25-30)27-23(32)28-21-10-3-2-9-20(21)24;3-2(4,5)1(6)7/h2-4,6,8-10,12-13,15,17H,5,7,11,14H2,1H3,(H,26,31)(H2,27,28,32);(H,6,7). The first kappa shape index (κ1) is 29.5. The van der Waals surface area contributed by atoms with Crippen LogP contribution in [0.4, 0.5) is 29.3 Å². The summed E-state index contributed by atoms with van der Waals surface area (Å²) in [6.07, 6.45) is 0.199. The van der Waals surface area contributed by atoms with Gasteiger partial charge in [-0.05, 0) is 56.8 Å². The number of aliphatic carboxylic acids is 1. The normalized spacial score (nSPS) is 15.5. The summed E-state index contributed by atoms with van der Waals surface area (Å²) in [6, 6.07) is 13.9. The van der Waals surface area contributed by atoms with Crippen LogP contribution in [-0.2, 0) is 4.79 Å². The maximum absolute atomic E-state index is 12.7. The Bertz CT molecular complexity index is 1320. The highest BCUT2D eigenvalue weighted by Gasteiger charge is 2.38. The number of aromatic nitrogens is 2. The van der Waals surface area contributed by atoms with Crippen LogP contribution in [0.25, 0.3) is 5.69 Å². The number of rotatable bonds is 5. The van der Waals surface area contributed by atoms with Crippen molar-refractivity contribution in [2.75, 3.05) is 30.8 Å². The highest BCUT2D eigenvalue weighted by atomic mass is 35.5. The topological polar surface area (TPSA) is 129 Å². The molecule has 0 bridgehead atoms. The third kappa shape index (κ3) is 9.00. The van der Waals surface area contributed by atoms with E-state index in [2.05, 4.69) is 33.0 Å². The van der Waals surface area contributed by atoms with Gasteiger partial charge in [-0.3, -0.25) is 4.79 Å². The van der Waals surface area contributed by atoms with Gasteiger partial charge in [-0.25, -0.2) is 14.3 Å². The summed E-state index contributed by atoms with van der Waals surface area (Å²) in [5.74, 6) is -2.86. The number of nitrogens with one attached hydrogen (secondary N) is 3. The molecule has 1 atom stereocenters. The van der Waals surface area contributed by atoms with E-state index in [9.17, 15) is 22.8 Å². The number of carboxylic acids is 1. The quantitative estimate of drug-likeness (QED) is 0.356. The number of carboxylic acid groups (broad SMARTS) is 1. The van der Waals surface area contributed by atoms with E-state index in [1.54, 1.807) is 47.3 Å². The van der Waals surface area contributed by atoms with Gasteiger partial charge < -0.3 is 26.0 Å². The number of para-hydroxylation sites is 1. The first-order valence-corrected chi connectivity index (χ1v) is 12.1. The van der Waals surface area contributed by atoms with Crippen molar-refractivity contribution < 1.29 is 32.7 Å². The van der Waals surface area contributed by atoms with E-state index in [0.29, 0.717) is 22.0 Å². The molecule has 1 fully saturated rings. The number of anilines is 2. The van der Waals surface area contributed by atoms with Crippen LogP contribution in [-0.4, -0.2) is 70.0 Å². The van der Waals surface area contributed by atoms with Gasteiger partial charge in [0.05, 0.1) is 34.5 Å². The minimum atomic E-state index is -5.08. The minimum absolute atomic E-state index is 0.100. The molecule has 39 heavy (non-hydrogen) atoms. The van der Waals surface area contributed by atoms with Crippen LogP contribution in [0.3, 0.4) is 0 Å². The minimum Gasteiger partial charge on any atom is -0.475 e. The summed E-state index contributed by atoms with van der Waals surface area (Å²) in [7, 11) is 2.07. The van der Waals surface area contributed by atoms with E-state index >= 15 is 0 Å². The number of hydrogen-bond acceptors (Lipinski definition) is 5. The van der Waals surface area contributed by atoms with E-state index in [-0.39, 0.29) is 11.9 Å². The molecule has 1 unspecified atom stereocenters. The van der Waals surface area contributed by atoms with Crippen LogP contribution in [0, 0.1) is 0 Å². The first-order chi connectivity index (χ1) is 18.4. The molecule has 3 aromatic rings. The van der Waals surface area contributed by atoms with Crippen molar-refractivity contribution in [1.29, 1.82) is 0 Å². The SMILES string of the molecule is CN1CCCC(NC(=O)c2cccc(-n3cc(NC(=O)Nc4ccccc4Cl)cn3)c2)C1.O=C(O)C(F)(F)F. The largest absolute Gasteiger partial charge is 0.490 e. The number of benzene rings is 2. The van der Waals surface area contributed by atoms with Crippen molar-refractivity contribution in [3.63, 3.8) is 0 Å². The molecule has 1 saturated heterocycles. The lowest BCUT2D eigenvalue weighted by Crippen LogP contribution is -2.46. The second-order valence-corrected chi connectivity index (χ2v) is 9.07. The van der Waals surface area contributed by atoms with E-state index in [4.69, 9.17) is 21.5 Å².